The van der Waals surface area contributed by atoms with Gasteiger partial charge >= 0.3 is 0 Å². The lowest BCUT2D eigenvalue weighted by molar-refractivity contribution is -0.114. The fourth-order valence-corrected chi connectivity index (χ4v) is 4.70. The minimum absolute atomic E-state index is 0.150. The van der Waals surface area contributed by atoms with Crippen molar-refractivity contribution in [3.05, 3.63) is 88.1 Å². The molecule has 2 aromatic carbocycles. The predicted molar refractivity (Wildman–Crippen MR) is 139 cm³/mol. The van der Waals surface area contributed by atoms with E-state index in [2.05, 4.69) is 33.6 Å². The molecule has 0 radical (unpaired) electrons. The molecule has 6 nitrogen and oxygen atoms in total. The molecule has 2 aliphatic carbocycles. The van der Waals surface area contributed by atoms with Crippen molar-refractivity contribution in [1.29, 1.82) is 5.26 Å². The van der Waals surface area contributed by atoms with Crippen LogP contribution in [0, 0.1) is 17.1 Å². The number of aryl methyl sites for hydroxylation is 1. The van der Waals surface area contributed by atoms with E-state index in [0.29, 0.717) is 39.6 Å². The van der Waals surface area contributed by atoms with Crippen LogP contribution >= 0.6 is 0 Å². The molecule has 1 heterocycles. The van der Waals surface area contributed by atoms with Crippen LogP contribution in [0.4, 0.5) is 21.6 Å². The Bertz CT molecular complexity index is 1450. The van der Waals surface area contributed by atoms with Gasteiger partial charge in [0.1, 0.15) is 23.8 Å². The van der Waals surface area contributed by atoms with E-state index in [9.17, 15) is 10.1 Å². The highest BCUT2D eigenvalue weighted by atomic mass is 19.1. The molecule has 0 saturated heterocycles. The van der Waals surface area contributed by atoms with E-state index in [1.807, 2.05) is 24.3 Å². The molecule has 1 aromatic heterocycles. The zero-order chi connectivity index (χ0) is 25.2. The molecule has 0 aliphatic heterocycles. The highest BCUT2D eigenvalue weighted by molar-refractivity contribution is 5.89. The van der Waals surface area contributed by atoms with E-state index >= 15 is 4.39 Å². The average molecular weight is 480 g/mol. The molecule has 5 rings (SSSR count). The maximum Gasteiger partial charge on any atom is 0.221 e. The number of carbonyl (C=O) groups is 1. The quantitative estimate of drug-likeness (QED) is 0.436. The summed E-state index contributed by atoms with van der Waals surface area (Å²) in [5, 5.41) is 15.8. The number of amides is 1. The van der Waals surface area contributed by atoms with Gasteiger partial charge in [0.15, 0.2) is 5.82 Å². The molecular formula is C29H26FN5O. The minimum Gasteiger partial charge on any atom is -0.339 e. The lowest BCUT2D eigenvalue weighted by Crippen LogP contribution is -2.06. The van der Waals surface area contributed by atoms with Gasteiger partial charge in [-0.25, -0.2) is 14.4 Å². The molecule has 2 N–H and O–H groups in total. The number of benzene rings is 2. The molecular weight excluding hydrogens is 453 g/mol. The highest BCUT2D eigenvalue weighted by Gasteiger charge is 2.34. The van der Waals surface area contributed by atoms with Gasteiger partial charge in [0.25, 0.3) is 0 Å². The Kier molecular flexibility index (Phi) is 6.34. The van der Waals surface area contributed by atoms with Gasteiger partial charge in [0.05, 0.1) is 5.69 Å². The van der Waals surface area contributed by atoms with Crippen LogP contribution in [0.25, 0.3) is 11.6 Å². The Morgan fingerprint density at radius 3 is 2.58 bits per heavy atom. The summed E-state index contributed by atoms with van der Waals surface area (Å²) in [7, 11) is 0. The van der Waals surface area contributed by atoms with Crippen molar-refractivity contribution < 1.29 is 9.18 Å². The molecule has 0 fully saturated rings. The number of aromatic nitrogens is 2. The number of hydrogen-bond acceptors (Lipinski definition) is 5. The van der Waals surface area contributed by atoms with Gasteiger partial charge in [0, 0.05) is 35.3 Å². The van der Waals surface area contributed by atoms with Gasteiger partial charge in [-0.05, 0) is 68.0 Å². The summed E-state index contributed by atoms with van der Waals surface area (Å²) in [6, 6.07) is 13.2. The van der Waals surface area contributed by atoms with Gasteiger partial charge in [-0.1, -0.05) is 29.9 Å². The summed E-state index contributed by atoms with van der Waals surface area (Å²) in [4.78, 5) is 19.9. The van der Waals surface area contributed by atoms with E-state index in [0.717, 1.165) is 36.8 Å². The highest BCUT2D eigenvalue weighted by Crippen LogP contribution is 2.48. The summed E-state index contributed by atoms with van der Waals surface area (Å²) >= 11 is 0. The van der Waals surface area contributed by atoms with Crippen molar-refractivity contribution in [3.63, 3.8) is 0 Å². The molecule has 0 saturated carbocycles. The monoisotopic (exact) mass is 479 g/mol. The molecule has 1 atom stereocenters. The molecule has 7 heteroatoms. The van der Waals surface area contributed by atoms with Crippen molar-refractivity contribution in [2.24, 2.45) is 0 Å². The second kappa shape index (κ2) is 9.74. The van der Waals surface area contributed by atoms with Gasteiger partial charge in [-0.15, -0.1) is 0 Å². The third-order valence-electron chi connectivity index (χ3n) is 6.56. The molecule has 1 amide bonds. The minimum atomic E-state index is -0.239. The third-order valence-corrected chi connectivity index (χ3v) is 6.56. The average Bonchev–Trinajstić information content (AvgIpc) is 3.63. The Hall–Kier alpha value is -4.31. The van der Waals surface area contributed by atoms with Crippen LogP contribution in [-0.4, -0.2) is 15.9 Å². The smallest absolute Gasteiger partial charge is 0.221 e. The first-order chi connectivity index (χ1) is 17.4. The Labute approximate surface area is 209 Å². The molecule has 3 aromatic rings. The summed E-state index contributed by atoms with van der Waals surface area (Å²) in [6.07, 6.45) is 9.39. The first-order valence-electron chi connectivity index (χ1n) is 12.0. The maximum atomic E-state index is 15.7. The summed E-state index contributed by atoms with van der Waals surface area (Å²) in [5.74, 6) is -0.209. The summed E-state index contributed by atoms with van der Waals surface area (Å²) in [5.41, 5.74) is 6.58. The zero-order valence-electron chi connectivity index (χ0n) is 20.2. The first kappa shape index (κ1) is 23.4. The topological polar surface area (TPSA) is 90.7 Å². The van der Waals surface area contributed by atoms with Crippen LogP contribution in [0.15, 0.2) is 54.4 Å². The van der Waals surface area contributed by atoms with Crippen molar-refractivity contribution in [2.45, 2.75) is 45.4 Å². The first-order valence-corrected chi connectivity index (χ1v) is 12.0. The van der Waals surface area contributed by atoms with Crippen LogP contribution in [0.2, 0.25) is 0 Å². The Morgan fingerprint density at radius 1 is 1.08 bits per heavy atom. The molecule has 1 unspecified atom stereocenters. The lowest BCUT2D eigenvalue weighted by atomic mass is 9.91. The molecule has 0 bridgehead atoms. The van der Waals surface area contributed by atoms with Gasteiger partial charge in [-0.2, -0.15) is 5.26 Å². The van der Waals surface area contributed by atoms with Crippen LogP contribution in [0.3, 0.4) is 0 Å². The summed E-state index contributed by atoms with van der Waals surface area (Å²) in [6.45, 7) is 3.51. The van der Waals surface area contributed by atoms with E-state index in [1.54, 1.807) is 24.3 Å². The standard InChI is InChI=1S/C29H26FN5O/c1-17-5-3-4-6-19-7-12-22(27(30)23(19)13-17)24-14-25(24)28-26(15-31)29(33-16-32-28)35-21-10-8-20(9-11-21)34-18(2)36/h7-14,16,25H,3-6H2,1-2H3,(H,34,36)(H,32,33,35). The Morgan fingerprint density at radius 2 is 1.83 bits per heavy atom. The molecule has 180 valence electrons. The number of allylic oxidation sites excluding steroid dienone is 3. The number of rotatable bonds is 5. The number of nitriles is 1. The second-order valence-corrected chi connectivity index (χ2v) is 9.28. The van der Waals surface area contributed by atoms with Gasteiger partial charge in [0.2, 0.25) is 5.91 Å². The van der Waals surface area contributed by atoms with Crippen LogP contribution in [-0.2, 0) is 11.2 Å². The van der Waals surface area contributed by atoms with Crippen LogP contribution in [0.1, 0.15) is 67.0 Å². The van der Waals surface area contributed by atoms with Crippen molar-refractivity contribution in [2.75, 3.05) is 10.6 Å². The second-order valence-electron chi connectivity index (χ2n) is 9.28. The zero-order valence-corrected chi connectivity index (χ0v) is 20.2. The molecule has 2 aliphatic rings. The number of nitrogens with one attached hydrogen (secondary N) is 2. The number of nitrogens with zero attached hydrogens (tertiary/aromatic N) is 3. The van der Waals surface area contributed by atoms with Crippen molar-refractivity contribution >= 4 is 34.7 Å². The molecule has 0 spiro atoms. The number of fused-ring (bicyclic) bond motifs is 1. The number of halogens is 1. The van der Waals surface area contributed by atoms with Crippen LogP contribution in [0.5, 0.6) is 0 Å². The Balaban J connectivity index is 1.40. The lowest BCUT2D eigenvalue weighted by Gasteiger charge is -2.15. The number of hydrogen-bond donors (Lipinski definition) is 2. The van der Waals surface area contributed by atoms with E-state index in [1.165, 1.54) is 18.8 Å². The van der Waals surface area contributed by atoms with Crippen molar-refractivity contribution in [1.82, 2.24) is 9.97 Å². The van der Waals surface area contributed by atoms with Gasteiger partial charge < -0.3 is 10.6 Å². The normalized spacial score (nSPS) is 16.4. The maximum absolute atomic E-state index is 15.7. The SMILES string of the molecule is CC(=O)Nc1ccc(Nc2ncnc(C3C=C3c3ccc4c(c3F)C=C(C)CCCC4)c2C#N)cc1. The predicted octanol–water partition coefficient (Wildman–Crippen LogP) is 6.50. The molecule has 36 heavy (non-hydrogen) atoms. The number of carbonyl (C=O) groups excluding carboxylic acids is 1. The van der Waals surface area contributed by atoms with E-state index in [-0.39, 0.29) is 17.6 Å². The van der Waals surface area contributed by atoms with Crippen molar-refractivity contribution in [3.8, 4) is 6.07 Å². The number of anilines is 3. The summed E-state index contributed by atoms with van der Waals surface area (Å²) < 4.78 is 15.7. The largest absolute Gasteiger partial charge is 0.339 e. The van der Waals surface area contributed by atoms with Gasteiger partial charge in [-0.3, -0.25) is 4.79 Å². The van der Waals surface area contributed by atoms with Crippen LogP contribution < -0.4 is 10.6 Å². The van der Waals surface area contributed by atoms with E-state index < -0.39 is 0 Å². The third kappa shape index (κ3) is 4.76. The van der Waals surface area contributed by atoms with E-state index in [4.69, 9.17) is 0 Å². The fraction of sp³-hybridized carbons (Fsp3) is 0.241. The fourth-order valence-electron chi connectivity index (χ4n) is 4.70.